The molecule has 0 bridgehead atoms. The van der Waals surface area contributed by atoms with Crippen LogP contribution in [0.2, 0.25) is 5.02 Å². The first kappa shape index (κ1) is 15.8. The molecule has 1 atom stereocenters. The van der Waals surface area contributed by atoms with Gasteiger partial charge in [0.2, 0.25) is 5.91 Å². The lowest BCUT2D eigenvalue weighted by atomic mass is 9.94. The summed E-state index contributed by atoms with van der Waals surface area (Å²) in [4.78, 5) is 11.9. The van der Waals surface area contributed by atoms with Gasteiger partial charge in [-0.05, 0) is 43.0 Å². The summed E-state index contributed by atoms with van der Waals surface area (Å²) in [5, 5.41) is 12.3. The first-order chi connectivity index (χ1) is 8.92. The molecule has 1 amide bonds. The molecule has 0 aliphatic rings. The van der Waals surface area contributed by atoms with Gasteiger partial charge in [-0.15, -0.1) is 0 Å². The summed E-state index contributed by atoms with van der Waals surface area (Å²) in [6.07, 6.45) is 1.33. The van der Waals surface area contributed by atoms with Crippen LogP contribution in [0.3, 0.4) is 0 Å². The number of carbonyl (C=O) groups excluding carboxylic acids is 1. The van der Waals surface area contributed by atoms with Crippen LogP contribution in [0, 0.1) is 11.8 Å². The molecule has 5 heteroatoms. The molecule has 1 aromatic carbocycles. The fourth-order valence-corrected chi connectivity index (χ4v) is 2.17. The number of aromatic hydroxyl groups is 1. The van der Waals surface area contributed by atoms with Crippen molar-refractivity contribution >= 4 is 23.2 Å². The minimum absolute atomic E-state index is 0.000641. The average molecular weight is 285 g/mol. The SMILES string of the molecule is CC(C)CC(CN)CC(=O)Nc1ccc(O)c(Cl)c1. The van der Waals surface area contributed by atoms with Crippen LogP contribution in [0.5, 0.6) is 5.75 Å². The second-order valence-electron chi connectivity index (χ2n) is 5.15. The van der Waals surface area contributed by atoms with E-state index in [0.717, 1.165) is 6.42 Å². The fraction of sp³-hybridized carbons (Fsp3) is 0.500. The minimum atomic E-state index is -0.0853. The van der Waals surface area contributed by atoms with Crippen LogP contribution in [0.4, 0.5) is 5.69 Å². The van der Waals surface area contributed by atoms with Crippen LogP contribution in [0.15, 0.2) is 18.2 Å². The topological polar surface area (TPSA) is 75.4 Å². The Morgan fingerprint density at radius 1 is 1.47 bits per heavy atom. The van der Waals surface area contributed by atoms with Crippen LogP contribution in [-0.4, -0.2) is 17.6 Å². The number of halogens is 1. The van der Waals surface area contributed by atoms with Crippen molar-refractivity contribution in [3.63, 3.8) is 0 Å². The predicted octanol–water partition coefficient (Wildman–Crippen LogP) is 3.00. The summed E-state index contributed by atoms with van der Waals surface area (Å²) >= 11 is 5.78. The van der Waals surface area contributed by atoms with Gasteiger partial charge in [-0.3, -0.25) is 4.79 Å². The van der Waals surface area contributed by atoms with Gasteiger partial charge in [-0.25, -0.2) is 0 Å². The van der Waals surface area contributed by atoms with Crippen LogP contribution >= 0.6 is 11.6 Å². The summed E-state index contributed by atoms with van der Waals surface area (Å²) in [7, 11) is 0. The van der Waals surface area contributed by atoms with Gasteiger partial charge < -0.3 is 16.2 Å². The summed E-state index contributed by atoms with van der Waals surface area (Å²) in [5.74, 6) is 0.620. The summed E-state index contributed by atoms with van der Waals surface area (Å²) in [5.41, 5.74) is 6.25. The van der Waals surface area contributed by atoms with E-state index in [2.05, 4.69) is 19.2 Å². The van der Waals surface area contributed by atoms with Crippen LogP contribution in [0.25, 0.3) is 0 Å². The zero-order valence-corrected chi connectivity index (χ0v) is 12.1. The molecule has 0 aromatic heterocycles. The number of hydrogen-bond acceptors (Lipinski definition) is 3. The van der Waals surface area contributed by atoms with Crippen molar-refractivity contribution in [1.82, 2.24) is 0 Å². The number of phenols is 1. The van der Waals surface area contributed by atoms with Gasteiger partial charge in [0, 0.05) is 12.1 Å². The molecule has 1 aromatic rings. The molecule has 0 spiro atoms. The largest absolute Gasteiger partial charge is 0.506 e. The summed E-state index contributed by atoms with van der Waals surface area (Å²) in [6.45, 7) is 4.72. The lowest BCUT2D eigenvalue weighted by Gasteiger charge is -2.16. The number of amides is 1. The molecular formula is C14H21ClN2O2. The van der Waals surface area contributed by atoms with Crippen LogP contribution < -0.4 is 11.1 Å². The van der Waals surface area contributed by atoms with Crippen molar-refractivity contribution in [2.75, 3.05) is 11.9 Å². The molecule has 106 valence electrons. The Morgan fingerprint density at radius 2 is 2.16 bits per heavy atom. The molecule has 0 aliphatic heterocycles. The van der Waals surface area contributed by atoms with E-state index >= 15 is 0 Å². The minimum Gasteiger partial charge on any atom is -0.506 e. The third-order valence-electron chi connectivity index (χ3n) is 2.84. The monoisotopic (exact) mass is 284 g/mol. The van der Waals surface area contributed by atoms with E-state index in [1.54, 1.807) is 6.07 Å². The van der Waals surface area contributed by atoms with E-state index in [1.165, 1.54) is 12.1 Å². The van der Waals surface area contributed by atoms with Crippen LogP contribution in [-0.2, 0) is 4.79 Å². The van der Waals surface area contributed by atoms with Gasteiger partial charge in [0.25, 0.3) is 0 Å². The Kier molecular flexibility index (Phi) is 6.12. The highest BCUT2D eigenvalue weighted by Crippen LogP contribution is 2.26. The molecular weight excluding hydrogens is 264 g/mol. The quantitative estimate of drug-likeness (QED) is 0.703. The zero-order valence-electron chi connectivity index (χ0n) is 11.3. The average Bonchev–Trinajstić information content (AvgIpc) is 2.32. The first-order valence-electron chi connectivity index (χ1n) is 6.40. The highest BCUT2D eigenvalue weighted by molar-refractivity contribution is 6.32. The van der Waals surface area contributed by atoms with Crippen molar-refractivity contribution in [1.29, 1.82) is 0 Å². The normalized spacial score (nSPS) is 12.5. The summed E-state index contributed by atoms with van der Waals surface area (Å²) in [6, 6.07) is 4.58. The molecule has 4 N–H and O–H groups in total. The van der Waals surface area contributed by atoms with E-state index < -0.39 is 0 Å². The van der Waals surface area contributed by atoms with Gasteiger partial charge in [0.15, 0.2) is 0 Å². The molecule has 0 saturated heterocycles. The first-order valence-corrected chi connectivity index (χ1v) is 6.78. The maximum absolute atomic E-state index is 11.9. The van der Waals surface area contributed by atoms with E-state index in [1.807, 2.05) is 0 Å². The number of nitrogens with two attached hydrogens (primary N) is 1. The number of nitrogens with one attached hydrogen (secondary N) is 1. The smallest absolute Gasteiger partial charge is 0.224 e. The number of phenolic OH excluding ortho intramolecular Hbond substituents is 1. The fourth-order valence-electron chi connectivity index (χ4n) is 1.99. The Bertz CT molecular complexity index is 435. The maximum Gasteiger partial charge on any atom is 0.224 e. The second-order valence-corrected chi connectivity index (χ2v) is 5.56. The molecule has 1 rings (SSSR count). The van der Waals surface area contributed by atoms with E-state index in [4.69, 9.17) is 17.3 Å². The van der Waals surface area contributed by atoms with Crippen LogP contribution in [0.1, 0.15) is 26.7 Å². The molecule has 19 heavy (non-hydrogen) atoms. The second kappa shape index (κ2) is 7.36. The highest BCUT2D eigenvalue weighted by Gasteiger charge is 2.14. The lowest BCUT2D eigenvalue weighted by molar-refractivity contribution is -0.117. The molecule has 4 nitrogen and oxygen atoms in total. The third-order valence-corrected chi connectivity index (χ3v) is 3.15. The van der Waals surface area contributed by atoms with Gasteiger partial charge in [-0.1, -0.05) is 25.4 Å². The third kappa shape index (κ3) is 5.49. The Hall–Kier alpha value is -1.26. The van der Waals surface area contributed by atoms with Gasteiger partial charge >= 0.3 is 0 Å². The Morgan fingerprint density at radius 3 is 2.68 bits per heavy atom. The number of carbonyl (C=O) groups is 1. The Labute approximate surface area is 118 Å². The predicted molar refractivity (Wildman–Crippen MR) is 78.4 cm³/mol. The summed E-state index contributed by atoms with van der Waals surface area (Å²) < 4.78 is 0. The van der Waals surface area contributed by atoms with Crippen molar-refractivity contribution in [2.24, 2.45) is 17.6 Å². The number of benzene rings is 1. The zero-order chi connectivity index (χ0) is 14.4. The van der Waals surface area contributed by atoms with Gasteiger partial charge in [-0.2, -0.15) is 0 Å². The van der Waals surface area contributed by atoms with Crippen molar-refractivity contribution in [2.45, 2.75) is 26.7 Å². The number of hydrogen-bond donors (Lipinski definition) is 3. The van der Waals surface area contributed by atoms with Gasteiger partial charge in [0.05, 0.1) is 5.02 Å². The molecule has 0 heterocycles. The molecule has 1 unspecified atom stereocenters. The van der Waals surface area contributed by atoms with E-state index in [0.29, 0.717) is 24.6 Å². The van der Waals surface area contributed by atoms with Gasteiger partial charge in [0.1, 0.15) is 5.75 Å². The van der Waals surface area contributed by atoms with E-state index in [9.17, 15) is 9.90 Å². The molecule has 0 fully saturated rings. The highest BCUT2D eigenvalue weighted by atomic mass is 35.5. The lowest BCUT2D eigenvalue weighted by Crippen LogP contribution is -2.23. The number of rotatable bonds is 6. The molecule has 0 radical (unpaired) electrons. The standard InChI is InChI=1S/C14H21ClN2O2/c1-9(2)5-10(8-16)6-14(19)17-11-3-4-13(18)12(15)7-11/h3-4,7,9-10,18H,5-6,8,16H2,1-2H3,(H,17,19). The van der Waals surface area contributed by atoms with Crippen molar-refractivity contribution in [3.8, 4) is 5.75 Å². The molecule has 0 saturated carbocycles. The molecule has 0 aliphatic carbocycles. The van der Waals surface area contributed by atoms with E-state index in [-0.39, 0.29) is 22.6 Å². The van der Waals surface area contributed by atoms with Crippen molar-refractivity contribution < 1.29 is 9.90 Å². The van der Waals surface area contributed by atoms with Crippen molar-refractivity contribution in [3.05, 3.63) is 23.2 Å². The number of anilines is 1. The Balaban J connectivity index is 2.56. The maximum atomic E-state index is 11.9.